The van der Waals surface area contributed by atoms with Crippen molar-refractivity contribution in [2.45, 2.75) is 71.0 Å². The maximum atomic E-state index is 12.3. The summed E-state index contributed by atoms with van der Waals surface area (Å²) >= 11 is 0. The van der Waals surface area contributed by atoms with Gasteiger partial charge in [-0.3, -0.25) is 14.9 Å². The Labute approximate surface area is 115 Å². The first-order valence-electron chi connectivity index (χ1n) is 7.20. The van der Waals surface area contributed by atoms with Crippen LogP contribution in [0.5, 0.6) is 0 Å². The lowest BCUT2D eigenvalue weighted by molar-refractivity contribution is -0.139. The van der Waals surface area contributed by atoms with E-state index in [1.807, 2.05) is 18.7 Å². The monoisotopic (exact) mass is 270 g/mol. The van der Waals surface area contributed by atoms with E-state index in [-0.39, 0.29) is 18.5 Å². The van der Waals surface area contributed by atoms with Gasteiger partial charge in [0.2, 0.25) is 5.91 Å². The quantitative estimate of drug-likeness (QED) is 0.769. The van der Waals surface area contributed by atoms with Gasteiger partial charge in [-0.15, -0.1) is 0 Å². The number of nitrogens with one attached hydrogen (secondary N) is 1. The smallest absolute Gasteiger partial charge is 0.320 e. The van der Waals surface area contributed by atoms with Gasteiger partial charge in [-0.25, -0.2) is 0 Å². The van der Waals surface area contributed by atoms with Gasteiger partial charge >= 0.3 is 5.97 Å². The number of carboxylic acids is 1. The second-order valence-corrected chi connectivity index (χ2v) is 5.63. The molecular weight excluding hydrogens is 244 g/mol. The SMILES string of the molecule is CC(C)N(C(=O)CN[C@H](C)C(=O)O)C1CCCCC1. The van der Waals surface area contributed by atoms with Crippen LogP contribution in [0.2, 0.25) is 0 Å². The summed E-state index contributed by atoms with van der Waals surface area (Å²) in [6, 6.07) is -0.204. The highest BCUT2D eigenvalue weighted by Gasteiger charge is 2.27. The summed E-state index contributed by atoms with van der Waals surface area (Å²) in [6.07, 6.45) is 5.75. The first-order chi connectivity index (χ1) is 8.93. The van der Waals surface area contributed by atoms with Crippen LogP contribution in [0.15, 0.2) is 0 Å². The fraction of sp³-hybridized carbons (Fsp3) is 0.857. The standard InChI is InChI=1S/C14H26N2O3/c1-10(2)16(12-7-5-4-6-8-12)13(17)9-15-11(3)14(18)19/h10-12,15H,4-9H2,1-3H3,(H,18,19)/t11-/m1/s1. The van der Waals surface area contributed by atoms with E-state index in [4.69, 9.17) is 5.11 Å². The number of amides is 1. The first-order valence-corrected chi connectivity index (χ1v) is 7.20. The molecule has 0 spiro atoms. The zero-order valence-corrected chi connectivity index (χ0v) is 12.2. The van der Waals surface area contributed by atoms with Crippen molar-refractivity contribution in [2.24, 2.45) is 0 Å². The summed E-state index contributed by atoms with van der Waals surface area (Å²) < 4.78 is 0. The molecule has 0 saturated heterocycles. The van der Waals surface area contributed by atoms with Crippen LogP contribution in [0, 0.1) is 0 Å². The zero-order valence-electron chi connectivity index (χ0n) is 12.2. The van der Waals surface area contributed by atoms with Crippen LogP contribution < -0.4 is 5.32 Å². The Bertz CT molecular complexity index is 312. The summed E-state index contributed by atoms with van der Waals surface area (Å²) in [7, 11) is 0. The van der Waals surface area contributed by atoms with Crippen molar-refractivity contribution in [2.75, 3.05) is 6.54 Å². The van der Waals surface area contributed by atoms with Gasteiger partial charge in [0.05, 0.1) is 6.54 Å². The summed E-state index contributed by atoms with van der Waals surface area (Å²) in [5, 5.41) is 11.6. The number of carboxylic acid groups (broad SMARTS) is 1. The number of carbonyl (C=O) groups excluding carboxylic acids is 1. The third-order valence-corrected chi connectivity index (χ3v) is 3.74. The predicted octanol–water partition coefficient (Wildman–Crippen LogP) is 1.62. The van der Waals surface area contributed by atoms with E-state index in [0.717, 1.165) is 12.8 Å². The molecule has 0 aromatic carbocycles. The molecule has 1 rings (SSSR count). The van der Waals surface area contributed by atoms with Gasteiger partial charge in [-0.2, -0.15) is 0 Å². The Kier molecular flexibility index (Phi) is 6.28. The molecule has 0 aromatic rings. The fourth-order valence-electron chi connectivity index (χ4n) is 2.69. The van der Waals surface area contributed by atoms with Crippen molar-refractivity contribution in [1.29, 1.82) is 0 Å². The molecule has 5 nitrogen and oxygen atoms in total. The Balaban J connectivity index is 2.55. The molecule has 1 atom stereocenters. The van der Waals surface area contributed by atoms with Crippen LogP contribution in [0.3, 0.4) is 0 Å². The minimum absolute atomic E-state index is 0.00926. The van der Waals surface area contributed by atoms with E-state index in [1.165, 1.54) is 19.3 Å². The van der Waals surface area contributed by atoms with Gasteiger partial charge in [-0.1, -0.05) is 19.3 Å². The third-order valence-electron chi connectivity index (χ3n) is 3.74. The highest BCUT2D eigenvalue weighted by atomic mass is 16.4. The molecule has 1 aliphatic carbocycles. The first kappa shape index (κ1) is 16.0. The topological polar surface area (TPSA) is 69.6 Å². The molecular formula is C14H26N2O3. The van der Waals surface area contributed by atoms with E-state index < -0.39 is 12.0 Å². The molecule has 5 heteroatoms. The molecule has 1 aliphatic rings. The number of rotatable bonds is 6. The molecule has 19 heavy (non-hydrogen) atoms. The van der Waals surface area contributed by atoms with Crippen LogP contribution >= 0.6 is 0 Å². The van der Waals surface area contributed by atoms with Gasteiger partial charge in [0.1, 0.15) is 6.04 Å². The van der Waals surface area contributed by atoms with Crippen LogP contribution in [0.25, 0.3) is 0 Å². The van der Waals surface area contributed by atoms with E-state index in [2.05, 4.69) is 5.32 Å². The van der Waals surface area contributed by atoms with Gasteiger partial charge in [0.15, 0.2) is 0 Å². The Hall–Kier alpha value is -1.10. The highest BCUT2D eigenvalue weighted by Crippen LogP contribution is 2.24. The van der Waals surface area contributed by atoms with Crippen molar-refractivity contribution in [3.05, 3.63) is 0 Å². The lowest BCUT2D eigenvalue weighted by atomic mass is 9.93. The number of nitrogens with zero attached hydrogens (tertiary/aromatic N) is 1. The van der Waals surface area contributed by atoms with Crippen molar-refractivity contribution < 1.29 is 14.7 Å². The number of hydrogen-bond donors (Lipinski definition) is 2. The molecule has 0 heterocycles. The molecule has 0 aromatic heterocycles. The van der Waals surface area contributed by atoms with E-state index in [9.17, 15) is 9.59 Å². The van der Waals surface area contributed by atoms with Gasteiger partial charge in [-0.05, 0) is 33.6 Å². The lowest BCUT2D eigenvalue weighted by Gasteiger charge is -2.37. The molecule has 0 radical (unpaired) electrons. The van der Waals surface area contributed by atoms with Crippen LogP contribution in [-0.2, 0) is 9.59 Å². The number of aliphatic carboxylic acids is 1. The Morgan fingerprint density at radius 1 is 1.21 bits per heavy atom. The Morgan fingerprint density at radius 2 is 1.79 bits per heavy atom. The summed E-state index contributed by atoms with van der Waals surface area (Å²) in [5.74, 6) is -0.920. The molecule has 0 unspecified atom stereocenters. The van der Waals surface area contributed by atoms with E-state index in [1.54, 1.807) is 6.92 Å². The molecule has 1 saturated carbocycles. The van der Waals surface area contributed by atoms with Crippen molar-refractivity contribution in [3.8, 4) is 0 Å². The summed E-state index contributed by atoms with van der Waals surface area (Å²) in [4.78, 5) is 24.9. The van der Waals surface area contributed by atoms with Crippen molar-refractivity contribution >= 4 is 11.9 Å². The Morgan fingerprint density at radius 3 is 2.26 bits per heavy atom. The minimum Gasteiger partial charge on any atom is -0.480 e. The van der Waals surface area contributed by atoms with Gasteiger partial charge in [0.25, 0.3) is 0 Å². The molecule has 110 valence electrons. The highest BCUT2D eigenvalue weighted by molar-refractivity contribution is 5.80. The zero-order chi connectivity index (χ0) is 14.4. The number of carbonyl (C=O) groups is 2. The second kappa shape index (κ2) is 7.48. The molecule has 0 aliphatic heterocycles. The summed E-state index contributed by atoms with van der Waals surface area (Å²) in [5.41, 5.74) is 0. The maximum absolute atomic E-state index is 12.3. The maximum Gasteiger partial charge on any atom is 0.320 e. The van der Waals surface area contributed by atoms with Crippen LogP contribution in [-0.4, -0.2) is 46.6 Å². The van der Waals surface area contributed by atoms with Crippen molar-refractivity contribution in [3.63, 3.8) is 0 Å². The van der Waals surface area contributed by atoms with Gasteiger partial charge < -0.3 is 10.0 Å². The second-order valence-electron chi connectivity index (χ2n) is 5.63. The van der Waals surface area contributed by atoms with Gasteiger partial charge in [0, 0.05) is 12.1 Å². The van der Waals surface area contributed by atoms with E-state index in [0.29, 0.717) is 6.04 Å². The van der Waals surface area contributed by atoms with Crippen LogP contribution in [0.1, 0.15) is 52.9 Å². The van der Waals surface area contributed by atoms with Crippen molar-refractivity contribution in [1.82, 2.24) is 10.2 Å². The van der Waals surface area contributed by atoms with Crippen LogP contribution in [0.4, 0.5) is 0 Å². The average molecular weight is 270 g/mol. The molecule has 0 bridgehead atoms. The molecule has 1 fully saturated rings. The average Bonchev–Trinajstić information content (AvgIpc) is 2.36. The fourth-order valence-corrected chi connectivity index (χ4v) is 2.69. The number of hydrogen-bond acceptors (Lipinski definition) is 3. The summed E-state index contributed by atoms with van der Waals surface area (Å²) in [6.45, 7) is 5.69. The minimum atomic E-state index is -0.929. The largest absolute Gasteiger partial charge is 0.480 e. The molecule has 2 N–H and O–H groups in total. The third kappa shape index (κ3) is 4.82. The van der Waals surface area contributed by atoms with E-state index >= 15 is 0 Å². The molecule has 1 amide bonds. The lowest BCUT2D eigenvalue weighted by Crippen LogP contribution is -2.50. The predicted molar refractivity (Wildman–Crippen MR) is 74.0 cm³/mol. The normalized spacial score (nSPS) is 18.3.